The maximum atomic E-state index is 12.0. The molecule has 0 aromatic rings. The van der Waals surface area contributed by atoms with Crippen LogP contribution >= 0.6 is 0 Å². The predicted octanol–water partition coefficient (Wildman–Crippen LogP) is 2.51. The molecule has 0 heterocycles. The Morgan fingerprint density at radius 2 is 1.88 bits per heavy atom. The van der Waals surface area contributed by atoms with Gasteiger partial charge in [0.1, 0.15) is 0 Å². The molecule has 1 aliphatic carbocycles. The molecule has 2 atom stereocenters. The summed E-state index contributed by atoms with van der Waals surface area (Å²) in [4.78, 5) is 0. The van der Waals surface area contributed by atoms with Crippen molar-refractivity contribution in [2.45, 2.75) is 64.2 Å². The van der Waals surface area contributed by atoms with Gasteiger partial charge < -0.3 is 0 Å². The van der Waals surface area contributed by atoms with E-state index in [2.05, 4.69) is 10.8 Å². The number of nitriles is 1. The zero-order chi connectivity index (χ0) is 12.4. The van der Waals surface area contributed by atoms with Crippen LogP contribution in [0.1, 0.15) is 53.4 Å². The van der Waals surface area contributed by atoms with Crippen molar-refractivity contribution < 1.29 is 4.21 Å². The van der Waals surface area contributed by atoms with Crippen LogP contribution in [0.2, 0.25) is 0 Å². The Labute approximate surface area is 101 Å². The van der Waals surface area contributed by atoms with Crippen molar-refractivity contribution in [1.29, 1.82) is 5.26 Å². The second-order valence-corrected chi connectivity index (χ2v) is 7.69. The fourth-order valence-electron chi connectivity index (χ4n) is 2.10. The second kappa shape index (κ2) is 4.85. The molecule has 0 amide bonds. The van der Waals surface area contributed by atoms with Gasteiger partial charge in [0, 0.05) is 6.04 Å². The number of hydrogen-bond donors (Lipinski definition) is 1. The van der Waals surface area contributed by atoms with Crippen molar-refractivity contribution in [2.24, 2.45) is 5.41 Å². The Balaban J connectivity index is 2.68. The van der Waals surface area contributed by atoms with E-state index in [0.29, 0.717) is 0 Å². The molecule has 1 rings (SSSR count). The molecule has 16 heavy (non-hydrogen) atoms. The van der Waals surface area contributed by atoms with Gasteiger partial charge in [-0.25, -0.2) is 8.93 Å². The van der Waals surface area contributed by atoms with Gasteiger partial charge in [0.2, 0.25) is 0 Å². The Bertz CT molecular complexity index is 308. The maximum Gasteiger partial charge on any atom is 0.0973 e. The molecule has 1 N–H and O–H groups in total. The van der Waals surface area contributed by atoms with Crippen molar-refractivity contribution in [3.8, 4) is 6.07 Å². The normalized spacial score (nSPS) is 23.7. The van der Waals surface area contributed by atoms with Gasteiger partial charge in [0.15, 0.2) is 0 Å². The van der Waals surface area contributed by atoms with Crippen LogP contribution in [0.5, 0.6) is 0 Å². The third-order valence-electron chi connectivity index (χ3n) is 3.39. The van der Waals surface area contributed by atoms with Gasteiger partial charge in [-0.2, -0.15) is 5.26 Å². The monoisotopic (exact) mass is 242 g/mol. The van der Waals surface area contributed by atoms with Gasteiger partial charge in [0.05, 0.1) is 27.2 Å². The van der Waals surface area contributed by atoms with E-state index in [1.165, 1.54) is 0 Å². The molecule has 0 radical (unpaired) electrons. The molecule has 92 valence electrons. The molecule has 1 aliphatic rings. The SMILES string of the molecule is CC(NS(=O)C(C)(C)C)C1(C#N)CCCC1. The summed E-state index contributed by atoms with van der Waals surface area (Å²) >= 11 is 0. The molecule has 0 aliphatic heterocycles. The highest BCUT2D eigenvalue weighted by Crippen LogP contribution is 2.40. The van der Waals surface area contributed by atoms with Crippen molar-refractivity contribution in [3.05, 3.63) is 0 Å². The van der Waals surface area contributed by atoms with E-state index in [1.54, 1.807) is 0 Å². The highest BCUT2D eigenvalue weighted by atomic mass is 32.2. The van der Waals surface area contributed by atoms with Gasteiger partial charge in [-0.05, 0) is 40.5 Å². The number of nitrogens with one attached hydrogen (secondary N) is 1. The molecule has 1 fully saturated rings. The van der Waals surface area contributed by atoms with Gasteiger partial charge in [-0.1, -0.05) is 12.8 Å². The highest BCUT2D eigenvalue weighted by Gasteiger charge is 2.40. The summed E-state index contributed by atoms with van der Waals surface area (Å²) < 4.78 is 14.8. The van der Waals surface area contributed by atoms with Crippen LogP contribution in [0, 0.1) is 16.7 Å². The summed E-state index contributed by atoms with van der Waals surface area (Å²) in [5.74, 6) is 0. The third kappa shape index (κ3) is 2.83. The van der Waals surface area contributed by atoms with Crippen LogP contribution in [-0.4, -0.2) is 15.0 Å². The van der Waals surface area contributed by atoms with Crippen molar-refractivity contribution in [1.82, 2.24) is 4.72 Å². The summed E-state index contributed by atoms with van der Waals surface area (Å²) in [6.07, 6.45) is 4.08. The largest absolute Gasteiger partial charge is 0.242 e. The van der Waals surface area contributed by atoms with E-state index < -0.39 is 11.0 Å². The minimum Gasteiger partial charge on any atom is -0.242 e. The predicted molar refractivity (Wildman–Crippen MR) is 67.0 cm³/mol. The number of rotatable bonds is 3. The van der Waals surface area contributed by atoms with Crippen LogP contribution in [-0.2, 0) is 11.0 Å². The summed E-state index contributed by atoms with van der Waals surface area (Å²) in [5.41, 5.74) is -0.305. The molecule has 0 aromatic heterocycles. The first kappa shape index (κ1) is 13.7. The van der Waals surface area contributed by atoms with Crippen molar-refractivity contribution in [2.75, 3.05) is 0 Å². The Hall–Kier alpha value is -0.400. The van der Waals surface area contributed by atoms with E-state index in [0.717, 1.165) is 25.7 Å². The Morgan fingerprint density at radius 3 is 2.25 bits per heavy atom. The van der Waals surface area contributed by atoms with Gasteiger partial charge in [0.25, 0.3) is 0 Å². The quantitative estimate of drug-likeness (QED) is 0.826. The molecule has 0 spiro atoms. The van der Waals surface area contributed by atoms with Crippen LogP contribution in [0.3, 0.4) is 0 Å². The first-order chi connectivity index (χ1) is 7.32. The zero-order valence-electron chi connectivity index (χ0n) is 10.7. The summed E-state index contributed by atoms with van der Waals surface area (Å²) in [5, 5.41) is 9.31. The first-order valence-corrected chi connectivity index (χ1v) is 7.06. The average Bonchev–Trinajstić information content (AvgIpc) is 2.65. The highest BCUT2D eigenvalue weighted by molar-refractivity contribution is 7.84. The summed E-state index contributed by atoms with van der Waals surface area (Å²) in [6.45, 7) is 7.81. The molecule has 1 saturated carbocycles. The summed E-state index contributed by atoms with van der Waals surface area (Å²) in [6, 6.07) is 2.44. The van der Waals surface area contributed by atoms with Crippen LogP contribution < -0.4 is 4.72 Å². The van der Waals surface area contributed by atoms with Gasteiger partial charge in [-0.3, -0.25) is 0 Å². The Kier molecular flexibility index (Phi) is 4.14. The lowest BCUT2D eigenvalue weighted by molar-refractivity contribution is 0.321. The van der Waals surface area contributed by atoms with Gasteiger partial charge >= 0.3 is 0 Å². The molecule has 4 heteroatoms. The van der Waals surface area contributed by atoms with E-state index in [9.17, 15) is 9.47 Å². The van der Waals surface area contributed by atoms with Crippen LogP contribution in [0.4, 0.5) is 0 Å². The van der Waals surface area contributed by atoms with Crippen molar-refractivity contribution in [3.63, 3.8) is 0 Å². The fourth-order valence-corrected chi connectivity index (χ4v) is 3.00. The lowest BCUT2D eigenvalue weighted by Gasteiger charge is -2.31. The molecule has 3 nitrogen and oxygen atoms in total. The standard InChI is InChI=1S/C12H22N2OS/c1-10(14-16(15)11(2,3)4)12(9-13)7-5-6-8-12/h10,14H,5-8H2,1-4H3. The number of nitrogens with zero attached hydrogens (tertiary/aromatic N) is 1. The molecular formula is C12H22N2OS. The van der Waals surface area contributed by atoms with E-state index in [4.69, 9.17) is 0 Å². The molecule has 2 unspecified atom stereocenters. The molecule has 0 bridgehead atoms. The molecular weight excluding hydrogens is 220 g/mol. The minimum atomic E-state index is -1.09. The lowest BCUT2D eigenvalue weighted by atomic mass is 9.81. The third-order valence-corrected chi connectivity index (χ3v) is 5.07. The first-order valence-electron chi connectivity index (χ1n) is 5.91. The average molecular weight is 242 g/mol. The minimum absolute atomic E-state index is 0.0000540. The lowest BCUT2D eigenvalue weighted by Crippen LogP contribution is -2.46. The maximum absolute atomic E-state index is 12.0. The van der Waals surface area contributed by atoms with Crippen LogP contribution in [0.15, 0.2) is 0 Å². The van der Waals surface area contributed by atoms with E-state index >= 15 is 0 Å². The van der Waals surface area contributed by atoms with Crippen LogP contribution in [0.25, 0.3) is 0 Å². The number of hydrogen-bond acceptors (Lipinski definition) is 2. The smallest absolute Gasteiger partial charge is 0.0973 e. The van der Waals surface area contributed by atoms with E-state index in [1.807, 2.05) is 27.7 Å². The van der Waals surface area contributed by atoms with Crippen molar-refractivity contribution >= 4 is 11.0 Å². The van der Waals surface area contributed by atoms with Gasteiger partial charge in [-0.15, -0.1) is 0 Å². The second-order valence-electron chi connectivity index (χ2n) is 5.70. The fraction of sp³-hybridized carbons (Fsp3) is 0.917. The summed E-state index contributed by atoms with van der Waals surface area (Å²) in [7, 11) is -1.09. The molecule has 0 aromatic carbocycles. The topological polar surface area (TPSA) is 52.9 Å². The van der Waals surface area contributed by atoms with E-state index in [-0.39, 0.29) is 16.2 Å². The zero-order valence-corrected chi connectivity index (χ0v) is 11.5. The molecule has 0 saturated heterocycles. The Morgan fingerprint density at radius 1 is 1.38 bits per heavy atom.